The van der Waals surface area contributed by atoms with Crippen LogP contribution in [0.4, 0.5) is 8.78 Å². The van der Waals surface area contributed by atoms with Gasteiger partial charge in [0, 0.05) is 0 Å². The Morgan fingerprint density at radius 1 is 1.67 bits per heavy atom. The van der Waals surface area contributed by atoms with Crippen LogP contribution in [0.15, 0.2) is 0 Å². The SMILES string of the molecule is [B]C(F)(F)C#N. The zero-order valence-electron chi connectivity index (χ0n) is 2.78. The van der Waals surface area contributed by atoms with E-state index < -0.39 is 5.82 Å². The lowest BCUT2D eigenvalue weighted by atomic mass is 10.0. The van der Waals surface area contributed by atoms with Gasteiger partial charge in [-0.15, -0.1) is 0 Å². The van der Waals surface area contributed by atoms with Crippen LogP contribution in [0.5, 0.6) is 0 Å². The molecule has 0 aliphatic rings. The lowest BCUT2D eigenvalue weighted by molar-refractivity contribution is 0.161. The lowest BCUT2D eigenvalue weighted by Gasteiger charge is -1.91. The molecule has 0 saturated heterocycles. The fourth-order valence-corrected chi connectivity index (χ4v) is 0. The molecule has 4 heteroatoms. The molecule has 0 rings (SSSR count). The fraction of sp³-hybridized carbons (Fsp3) is 0.500. The van der Waals surface area contributed by atoms with E-state index in [0.29, 0.717) is 6.07 Å². The predicted octanol–water partition coefficient (Wildman–Crippen LogP) is 0.271. The largest absolute Gasteiger partial charge is 0.280 e. The molecule has 6 heavy (non-hydrogen) atoms. The average molecular weight is 86.8 g/mol. The molecule has 0 amide bonds. The number of halogens is 2. The van der Waals surface area contributed by atoms with E-state index in [1.807, 2.05) is 0 Å². The van der Waals surface area contributed by atoms with Gasteiger partial charge in [-0.25, -0.2) is 8.78 Å². The van der Waals surface area contributed by atoms with Crippen LogP contribution in [0.2, 0.25) is 0 Å². The van der Waals surface area contributed by atoms with Gasteiger partial charge in [0.1, 0.15) is 6.07 Å². The summed E-state index contributed by atoms with van der Waals surface area (Å²) in [6.45, 7) is 0. The average Bonchev–Trinajstić information content (AvgIpc) is 1.35. The summed E-state index contributed by atoms with van der Waals surface area (Å²) in [6.07, 6.45) is 0. The van der Waals surface area contributed by atoms with Crippen LogP contribution in [0, 0.1) is 11.3 Å². The molecule has 0 aromatic heterocycles. The molecule has 0 spiro atoms. The van der Waals surface area contributed by atoms with Crippen molar-refractivity contribution in [2.45, 2.75) is 5.82 Å². The molecule has 2 radical (unpaired) electrons. The number of nitrogens with zero attached hydrogens (tertiary/aromatic N) is 1. The van der Waals surface area contributed by atoms with Crippen LogP contribution in [0.1, 0.15) is 0 Å². The normalized spacial score (nSPS) is 10.2. The van der Waals surface area contributed by atoms with E-state index in [1.54, 1.807) is 0 Å². The third-order valence-electron chi connectivity index (χ3n) is 0.149. The number of hydrogen-bond acceptors (Lipinski definition) is 1. The van der Waals surface area contributed by atoms with Crippen LogP contribution in [0.3, 0.4) is 0 Å². The van der Waals surface area contributed by atoms with Gasteiger partial charge in [-0.05, 0) is 0 Å². The maximum absolute atomic E-state index is 10.9. The second-order valence-electron chi connectivity index (χ2n) is 0.735. The van der Waals surface area contributed by atoms with Gasteiger partial charge in [-0.1, -0.05) is 0 Å². The molecule has 0 unspecified atom stereocenters. The molecule has 0 bridgehead atoms. The minimum absolute atomic E-state index is 0.549. The lowest BCUT2D eigenvalue weighted by Crippen LogP contribution is -2.10. The molecular weight excluding hydrogens is 86.8 g/mol. The summed E-state index contributed by atoms with van der Waals surface area (Å²) in [5.41, 5.74) is 0. The quantitative estimate of drug-likeness (QED) is 0.389. The molecule has 30 valence electrons. The van der Waals surface area contributed by atoms with Crippen LogP contribution < -0.4 is 0 Å². The molecule has 0 aromatic rings. The number of rotatable bonds is 0. The topological polar surface area (TPSA) is 23.8 Å². The zero-order chi connectivity index (χ0) is 5.21. The van der Waals surface area contributed by atoms with Gasteiger partial charge < -0.3 is 0 Å². The van der Waals surface area contributed by atoms with Crippen molar-refractivity contribution in [3.8, 4) is 6.07 Å². The number of hydrogen-bond donors (Lipinski definition) is 0. The molecule has 0 aliphatic heterocycles. The van der Waals surface area contributed by atoms with Crippen LogP contribution >= 0.6 is 0 Å². The maximum Gasteiger partial charge on any atom is 0.280 e. The van der Waals surface area contributed by atoms with E-state index >= 15 is 0 Å². The standard InChI is InChI=1S/C2BF2N/c3-2(4,5)1-6. The highest BCUT2D eigenvalue weighted by Crippen LogP contribution is 2.01. The molecule has 0 heterocycles. The summed E-state index contributed by atoms with van der Waals surface area (Å²) < 4.78 is 21.7. The third kappa shape index (κ3) is 3.41. The van der Waals surface area contributed by atoms with E-state index in [1.165, 1.54) is 0 Å². The predicted molar refractivity (Wildman–Crippen MR) is 16.3 cm³/mol. The van der Waals surface area contributed by atoms with Gasteiger partial charge >= 0.3 is 0 Å². The highest BCUT2D eigenvalue weighted by atomic mass is 19.3. The molecule has 0 aromatic carbocycles. The first-order valence-electron chi connectivity index (χ1n) is 1.14. The Morgan fingerprint density at radius 3 is 1.83 bits per heavy atom. The number of alkyl halides is 2. The molecular formula is C2BF2N. The van der Waals surface area contributed by atoms with E-state index in [9.17, 15) is 8.78 Å². The van der Waals surface area contributed by atoms with Gasteiger partial charge in [-0.2, -0.15) is 5.26 Å². The summed E-state index contributed by atoms with van der Waals surface area (Å²) in [6, 6.07) is 0.549. The minimum atomic E-state index is -3.65. The Hall–Kier alpha value is -0.585. The zero-order valence-corrected chi connectivity index (χ0v) is 2.78. The van der Waals surface area contributed by atoms with Crippen LogP contribution in [0.25, 0.3) is 0 Å². The van der Waals surface area contributed by atoms with Crippen LogP contribution in [-0.2, 0) is 0 Å². The van der Waals surface area contributed by atoms with Gasteiger partial charge in [-0.3, -0.25) is 0 Å². The summed E-state index contributed by atoms with van der Waals surface area (Å²) in [7, 11) is 3.84. The minimum Gasteiger partial charge on any atom is -0.203 e. The van der Waals surface area contributed by atoms with Crippen molar-refractivity contribution < 1.29 is 8.78 Å². The van der Waals surface area contributed by atoms with Crippen LogP contribution in [-0.4, -0.2) is 13.7 Å². The smallest absolute Gasteiger partial charge is 0.203 e. The van der Waals surface area contributed by atoms with E-state index in [4.69, 9.17) is 5.26 Å². The van der Waals surface area contributed by atoms with Gasteiger partial charge in [0.05, 0.1) is 0 Å². The van der Waals surface area contributed by atoms with Crippen molar-refractivity contribution in [1.82, 2.24) is 0 Å². The Kier molecular flexibility index (Phi) is 1.13. The second-order valence-corrected chi connectivity index (χ2v) is 0.735. The van der Waals surface area contributed by atoms with Crippen molar-refractivity contribution in [3.05, 3.63) is 0 Å². The van der Waals surface area contributed by atoms with Gasteiger partial charge in [0.2, 0.25) is 0 Å². The summed E-state index contributed by atoms with van der Waals surface area (Å²) in [5.74, 6) is -3.65. The Labute approximate surface area is 35.0 Å². The first-order valence-corrected chi connectivity index (χ1v) is 1.14. The first-order chi connectivity index (χ1) is 2.56. The molecule has 0 fully saturated rings. The highest BCUT2D eigenvalue weighted by Gasteiger charge is 2.16. The van der Waals surface area contributed by atoms with E-state index in [2.05, 4.69) is 7.85 Å². The maximum atomic E-state index is 10.9. The van der Waals surface area contributed by atoms with Crippen molar-refractivity contribution >= 4 is 7.85 Å². The molecule has 1 nitrogen and oxygen atoms in total. The Balaban J connectivity index is 3.55. The van der Waals surface area contributed by atoms with Crippen molar-refractivity contribution in [2.75, 3.05) is 0 Å². The molecule has 0 atom stereocenters. The summed E-state index contributed by atoms with van der Waals surface area (Å²) in [5, 5.41) is 7.28. The summed E-state index contributed by atoms with van der Waals surface area (Å²) in [4.78, 5) is 0. The van der Waals surface area contributed by atoms with Gasteiger partial charge in [0.15, 0.2) is 7.85 Å². The van der Waals surface area contributed by atoms with E-state index in [0.717, 1.165) is 0 Å². The Bertz CT molecular complexity index is 78.5. The third-order valence-corrected chi connectivity index (χ3v) is 0.149. The van der Waals surface area contributed by atoms with Gasteiger partial charge in [0.25, 0.3) is 5.82 Å². The summed E-state index contributed by atoms with van der Waals surface area (Å²) >= 11 is 0. The molecule has 0 aliphatic carbocycles. The molecule has 0 saturated carbocycles. The first kappa shape index (κ1) is 5.41. The molecule has 0 N–H and O–H groups in total. The fourth-order valence-electron chi connectivity index (χ4n) is 0. The van der Waals surface area contributed by atoms with Crippen molar-refractivity contribution in [1.29, 1.82) is 5.26 Å². The van der Waals surface area contributed by atoms with Crippen molar-refractivity contribution in [2.24, 2.45) is 0 Å². The number of nitriles is 1. The second kappa shape index (κ2) is 1.25. The monoisotopic (exact) mass is 87.0 g/mol. The Morgan fingerprint density at radius 2 is 1.83 bits per heavy atom. The van der Waals surface area contributed by atoms with E-state index in [-0.39, 0.29) is 0 Å². The van der Waals surface area contributed by atoms with Crippen molar-refractivity contribution in [3.63, 3.8) is 0 Å². The highest BCUT2D eigenvalue weighted by molar-refractivity contribution is 6.15.